The molecule has 4 rings (SSSR count). The molecule has 31 heavy (non-hydrogen) atoms. The lowest BCUT2D eigenvalue weighted by atomic mass is 10.1. The van der Waals surface area contributed by atoms with E-state index in [1.165, 1.54) is 6.33 Å². The highest BCUT2D eigenvalue weighted by Gasteiger charge is 2.18. The maximum atomic E-state index is 12.7. The Morgan fingerprint density at radius 2 is 1.90 bits per heavy atom. The molecule has 4 aromatic rings. The van der Waals surface area contributed by atoms with E-state index in [0.717, 1.165) is 16.8 Å². The Morgan fingerprint density at radius 1 is 1.13 bits per heavy atom. The molecule has 1 unspecified atom stereocenters. The fourth-order valence-corrected chi connectivity index (χ4v) is 3.31. The maximum Gasteiger partial charge on any atom is 0.226 e. The molecular weight excluding hydrogens is 392 g/mol. The van der Waals surface area contributed by atoms with Gasteiger partial charge in [0.1, 0.15) is 12.7 Å². The molecule has 2 heterocycles. The zero-order valence-corrected chi connectivity index (χ0v) is 17.5. The van der Waals surface area contributed by atoms with Crippen LogP contribution in [0.25, 0.3) is 17.1 Å². The van der Waals surface area contributed by atoms with Crippen LogP contribution in [-0.4, -0.2) is 42.8 Å². The predicted molar refractivity (Wildman–Crippen MR) is 115 cm³/mol. The summed E-state index contributed by atoms with van der Waals surface area (Å²) in [7, 11) is 1.83. The van der Waals surface area contributed by atoms with Gasteiger partial charge in [0.2, 0.25) is 17.6 Å². The van der Waals surface area contributed by atoms with Gasteiger partial charge >= 0.3 is 0 Å². The van der Waals surface area contributed by atoms with Crippen LogP contribution < -0.4 is 0 Å². The summed E-state index contributed by atoms with van der Waals surface area (Å²) in [5.41, 5.74) is 2.90. The van der Waals surface area contributed by atoms with Crippen LogP contribution in [0.3, 0.4) is 0 Å². The molecule has 158 valence electrons. The van der Waals surface area contributed by atoms with Crippen LogP contribution in [0.2, 0.25) is 0 Å². The van der Waals surface area contributed by atoms with E-state index in [1.54, 1.807) is 15.9 Å². The molecule has 8 heteroatoms. The number of aryl methyl sites for hydroxylation is 1. The highest BCUT2D eigenvalue weighted by Crippen LogP contribution is 2.22. The van der Waals surface area contributed by atoms with E-state index in [-0.39, 0.29) is 11.9 Å². The van der Waals surface area contributed by atoms with E-state index >= 15 is 0 Å². The van der Waals surface area contributed by atoms with Crippen molar-refractivity contribution in [1.29, 1.82) is 0 Å². The van der Waals surface area contributed by atoms with Gasteiger partial charge < -0.3 is 9.42 Å². The smallest absolute Gasteiger partial charge is 0.226 e. The topological polar surface area (TPSA) is 89.9 Å². The summed E-state index contributed by atoms with van der Waals surface area (Å²) in [4.78, 5) is 22.8. The van der Waals surface area contributed by atoms with E-state index in [9.17, 15) is 4.79 Å². The molecule has 0 aliphatic rings. The monoisotopic (exact) mass is 416 g/mol. The van der Waals surface area contributed by atoms with Crippen molar-refractivity contribution in [2.24, 2.45) is 0 Å². The summed E-state index contributed by atoms with van der Waals surface area (Å²) in [5, 5.41) is 8.15. The lowest BCUT2D eigenvalue weighted by molar-refractivity contribution is -0.131. The molecule has 0 radical (unpaired) electrons. The van der Waals surface area contributed by atoms with Crippen LogP contribution in [0.4, 0.5) is 0 Å². The van der Waals surface area contributed by atoms with Gasteiger partial charge in [0.15, 0.2) is 0 Å². The molecule has 0 spiro atoms. The average Bonchev–Trinajstić information content (AvgIpc) is 3.51. The van der Waals surface area contributed by atoms with Crippen LogP contribution in [-0.2, 0) is 11.2 Å². The minimum Gasteiger partial charge on any atom is -0.339 e. The number of hydrogen-bond donors (Lipinski definition) is 0. The van der Waals surface area contributed by atoms with E-state index in [4.69, 9.17) is 4.52 Å². The molecule has 1 amide bonds. The van der Waals surface area contributed by atoms with E-state index in [1.807, 2.05) is 68.6 Å². The molecule has 1 atom stereocenters. The van der Waals surface area contributed by atoms with Crippen molar-refractivity contribution in [3.8, 4) is 17.1 Å². The second-order valence-corrected chi connectivity index (χ2v) is 7.34. The number of amides is 1. The van der Waals surface area contributed by atoms with Crippen LogP contribution in [0.15, 0.2) is 71.8 Å². The number of nitrogens with zero attached hydrogens (tertiary/aromatic N) is 6. The van der Waals surface area contributed by atoms with Crippen molar-refractivity contribution in [1.82, 2.24) is 29.8 Å². The summed E-state index contributed by atoms with van der Waals surface area (Å²) in [6, 6.07) is 17.6. The molecule has 8 nitrogen and oxygen atoms in total. The summed E-state index contributed by atoms with van der Waals surface area (Å²) >= 11 is 0. The molecule has 2 aromatic heterocycles. The number of carbonyl (C=O) groups is 1. The molecule has 0 fully saturated rings. The number of hydrogen-bond acceptors (Lipinski definition) is 6. The molecule has 2 aromatic carbocycles. The van der Waals surface area contributed by atoms with Crippen LogP contribution >= 0.6 is 0 Å². The van der Waals surface area contributed by atoms with Crippen molar-refractivity contribution >= 4 is 5.91 Å². The fourth-order valence-electron chi connectivity index (χ4n) is 3.31. The van der Waals surface area contributed by atoms with E-state index in [2.05, 4.69) is 20.2 Å². The van der Waals surface area contributed by atoms with Gasteiger partial charge in [-0.3, -0.25) is 4.79 Å². The molecule has 0 bridgehead atoms. The minimum atomic E-state index is -0.0367. The zero-order chi connectivity index (χ0) is 21.6. The Hall–Kier alpha value is -3.81. The first kappa shape index (κ1) is 20.5. The Kier molecular flexibility index (Phi) is 6.16. The first-order valence-corrected chi connectivity index (χ1v) is 10.2. The minimum absolute atomic E-state index is 0.0367. The van der Waals surface area contributed by atoms with Gasteiger partial charge in [0.25, 0.3) is 0 Å². The summed E-state index contributed by atoms with van der Waals surface area (Å²) in [6.45, 7) is 2.02. The van der Waals surface area contributed by atoms with Crippen molar-refractivity contribution in [3.63, 3.8) is 0 Å². The van der Waals surface area contributed by atoms with Gasteiger partial charge in [-0.15, -0.1) is 0 Å². The number of rotatable bonds is 8. The normalized spacial score (nSPS) is 11.9. The highest BCUT2D eigenvalue weighted by molar-refractivity contribution is 5.76. The molecule has 0 saturated carbocycles. The van der Waals surface area contributed by atoms with E-state index in [0.29, 0.717) is 31.0 Å². The van der Waals surface area contributed by atoms with E-state index < -0.39 is 0 Å². The largest absolute Gasteiger partial charge is 0.339 e. The molecule has 0 saturated heterocycles. The second-order valence-electron chi connectivity index (χ2n) is 7.34. The second kappa shape index (κ2) is 9.34. The van der Waals surface area contributed by atoms with Gasteiger partial charge in [-0.05, 0) is 31.0 Å². The molecule has 0 aliphatic carbocycles. The molecule has 0 aliphatic heterocycles. The van der Waals surface area contributed by atoms with Crippen LogP contribution in [0.5, 0.6) is 0 Å². The zero-order valence-electron chi connectivity index (χ0n) is 17.5. The SMILES string of the molecule is CC(c1ccc(-n2cncn2)cc1)N(C)C(=O)CCCc1nc(-c2ccccc2)no1. The maximum absolute atomic E-state index is 12.7. The summed E-state index contributed by atoms with van der Waals surface area (Å²) in [6.07, 6.45) is 4.79. The quantitative estimate of drug-likeness (QED) is 0.433. The lowest BCUT2D eigenvalue weighted by Gasteiger charge is -2.25. The Morgan fingerprint density at radius 3 is 2.61 bits per heavy atom. The first-order valence-electron chi connectivity index (χ1n) is 10.2. The third-order valence-electron chi connectivity index (χ3n) is 5.31. The summed E-state index contributed by atoms with van der Waals surface area (Å²) < 4.78 is 7.02. The molecule has 0 N–H and O–H groups in total. The molecular formula is C23H24N6O2. The fraction of sp³-hybridized carbons (Fsp3) is 0.261. The Balaban J connectivity index is 1.29. The predicted octanol–water partition coefficient (Wildman–Crippen LogP) is 3.86. The van der Waals surface area contributed by atoms with Gasteiger partial charge in [-0.25, -0.2) is 9.67 Å². The first-order chi connectivity index (χ1) is 15.1. The summed E-state index contributed by atoms with van der Waals surface area (Å²) in [5.74, 6) is 1.20. The average molecular weight is 416 g/mol. The van der Waals surface area contributed by atoms with Gasteiger partial charge in [-0.1, -0.05) is 47.6 Å². The highest BCUT2D eigenvalue weighted by atomic mass is 16.5. The van der Waals surface area contributed by atoms with Crippen molar-refractivity contribution in [2.45, 2.75) is 32.2 Å². The number of carbonyl (C=O) groups excluding carboxylic acids is 1. The van der Waals surface area contributed by atoms with Gasteiger partial charge in [0.05, 0.1) is 11.7 Å². The number of benzene rings is 2. The number of aromatic nitrogens is 5. The van der Waals surface area contributed by atoms with Crippen molar-refractivity contribution in [3.05, 3.63) is 78.7 Å². The van der Waals surface area contributed by atoms with Gasteiger partial charge in [-0.2, -0.15) is 10.1 Å². The van der Waals surface area contributed by atoms with Crippen LogP contribution in [0, 0.1) is 0 Å². The third-order valence-corrected chi connectivity index (χ3v) is 5.31. The van der Waals surface area contributed by atoms with Gasteiger partial charge in [0, 0.05) is 25.5 Å². The lowest BCUT2D eigenvalue weighted by Crippen LogP contribution is -2.29. The Bertz CT molecular complexity index is 1110. The third kappa shape index (κ3) is 4.85. The van der Waals surface area contributed by atoms with Crippen LogP contribution in [0.1, 0.15) is 37.3 Å². The Labute approximate surface area is 180 Å². The van der Waals surface area contributed by atoms with Crippen molar-refractivity contribution in [2.75, 3.05) is 7.05 Å². The standard InChI is InChI=1S/C23H24N6O2/c1-17(18-11-13-20(14-12-18)29-16-24-15-25-29)28(2)22(30)10-6-9-21-26-23(27-31-21)19-7-4-3-5-8-19/h3-5,7-8,11-17H,6,9-10H2,1-2H3. The van der Waals surface area contributed by atoms with Crippen molar-refractivity contribution < 1.29 is 9.32 Å².